The summed E-state index contributed by atoms with van der Waals surface area (Å²) < 4.78 is 9.75. The number of esters is 1. The first-order valence-corrected chi connectivity index (χ1v) is 7.42. The molecule has 0 aliphatic rings. The normalized spacial score (nSPS) is 11.3. The lowest BCUT2D eigenvalue weighted by atomic mass is 10.3. The number of carbonyl (C=O) groups is 1. The maximum absolute atomic E-state index is 11.8. The van der Waals surface area contributed by atoms with Crippen LogP contribution in [0.1, 0.15) is 5.56 Å². The molecule has 1 aromatic rings. The van der Waals surface area contributed by atoms with Crippen LogP contribution in [-0.2, 0) is 20.8 Å². The quantitative estimate of drug-likeness (QED) is 0.337. The summed E-state index contributed by atoms with van der Waals surface area (Å²) in [6.07, 6.45) is 5.18. The standard InChI is InChI=1S/C14H17N3O3S/c1-19-6-7-20-14(18)12(8-15)13(21-2)17-10-11-4-3-5-16-9-11/h3-5,9,17H,6-7,10H2,1-2H3/b13-12-. The molecule has 1 rings (SSSR count). The highest BCUT2D eigenvalue weighted by atomic mass is 32.2. The van der Waals surface area contributed by atoms with Crippen molar-refractivity contribution in [3.63, 3.8) is 0 Å². The van der Waals surface area contributed by atoms with Crippen LogP contribution in [0.4, 0.5) is 0 Å². The number of aromatic nitrogens is 1. The van der Waals surface area contributed by atoms with Gasteiger partial charge in [0.2, 0.25) is 0 Å². The number of thioether (sulfide) groups is 1. The third-order valence-electron chi connectivity index (χ3n) is 2.44. The van der Waals surface area contributed by atoms with E-state index in [1.165, 1.54) is 18.9 Å². The highest BCUT2D eigenvalue weighted by molar-refractivity contribution is 8.02. The predicted molar refractivity (Wildman–Crippen MR) is 80.1 cm³/mol. The van der Waals surface area contributed by atoms with Crippen molar-refractivity contribution in [2.75, 3.05) is 26.6 Å². The third kappa shape index (κ3) is 5.85. The molecule has 21 heavy (non-hydrogen) atoms. The van der Waals surface area contributed by atoms with Gasteiger partial charge in [-0.05, 0) is 17.9 Å². The molecule has 1 N–H and O–H groups in total. The molecule has 0 unspecified atom stereocenters. The number of nitrogens with one attached hydrogen (secondary N) is 1. The van der Waals surface area contributed by atoms with Gasteiger partial charge in [-0.1, -0.05) is 6.07 Å². The molecule has 0 amide bonds. The Kier molecular flexibility index (Phi) is 7.94. The van der Waals surface area contributed by atoms with Gasteiger partial charge < -0.3 is 14.8 Å². The Balaban J connectivity index is 2.72. The summed E-state index contributed by atoms with van der Waals surface area (Å²) in [5.41, 5.74) is 0.914. The second-order valence-electron chi connectivity index (χ2n) is 3.86. The Morgan fingerprint density at radius 2 is 2.33 bits per heavy atom. The van der Waals surface area contributed by atoms with E-state index in [4.69, 9.17) is 14.7 Å². The van der Waals surface area contributed by atoms with Crippen molar-refractivity contribution in [2.45, 2.75) is 6.54 Å². The highest BCUT2D eigenvalue weighted by Gasteiger charge is 2.16. The number of pyridine rings is 1. The lowest BCUT2D eigenvalue weighted by Gasteiger charge is -2.11. The van der Waals surface area contributed by atoms with Crippen molar-refractivity contribution >= 4 is 17.7 Å². The van der Waals surface area contributed by atoms with Crippen molar-refractivity contribution in [3.05, 3.63) is 40.7 Å². The van der Waals surface area contributed by atoms with Gasteiger partial charge >= 0.3 is 5.97 Å². The minimum Gasteiger partial charge on any atom is -0.459 e. The zero-order valence-electron chi connectivity index (χ0n) is 12.0. The van der Waals surface area contributed by atoms with E-state index in [0.717, 1.165) is 5.56 Å². The van der Waals surface area contributed by atoms with Gasteiger partial charge in [-0.2, -0.15) is 5.26 Å². The first-order chi connectivity index (χ1) is 10.2. The maximum Gasteiger partial charge on any atom is 0.351 e. The SMILES string of the molecule is COCCOC(=O)/C(C#N)=C(/NCc1cccnc1)SC. The molecule has 7 heteroatoms. The van der Waals surface area contributed by atoms with Crippen molar-refractivity contribution in [2.24, 2.45) is 0 Å². The molecule has 0 aromatic carbocycles. The van der Waals surface area contributed by atoms with Gasteiger partial charge in [-0.25, -0.2) is 4.79 Å². The van der Waals surface area contributed by atoms with Gasteiger partial charge in [0.15, 0.2) is 5.57 Å². The Bertz CT molecular complexity index is 526. The molecule has 0 saturated carbocycles. The summed E-state index contributed by atoms with van der Waals surface area (Å²) in [4.78, 5) is 15.8. The monoisotopic (exact) mass is 307 g/mol. The van der Waals surface area contributed by atoms with Gasteiger partial charge in [-0.15, -0.1) is 11.8 Å². The number of nitriles is 1. The fraction of sp³-hybridized carbons (Fsp3) is 0.357. The largest absolute Gasteiger partial charge is 0.459 e. The number of ether oxygens (including phenoxy) is 2. The van der Waals surface area contributed by atoms with Gasteiger partial charge in [0.1, 0.15) is 12.7 Å². The molecule has 0 aliphatic heterocycles. The lowest BCUT2D eigenvalue weighted by molar-refractivity contribution is -0.139. The molecular formula is C14H17N3O3S. The summed E-state index contributed by atoms with van der Waals surface area (Å²) in [5, 5.41) is 12.7. The zero-order chi connectivity index (χ0) is 15.5. The Hall–Kier alpha value is -2.04. The molecule has 0 atom stereocenters. The first-order valence-electron chi connectivity index (χ1n) is 6.20. The molecule has 0 spiro atoms. The van der Waals surface area contributed by atoms with Gasteiger partial charge in [0.25, 0.3) is 0 Å². The lowest BCUT2D eigenvalue weighted by Crippen LogP contribution is -2.18. The van der Waals surface area contributed by atoms with Crippen molar-refractivity contribution < 1.29 is 14.3 Å². The van der Waals surface area contributed by atoms with Gasteiger partial charge in [0.05, 0.1) is 11.6 Å². The van der Waals surface area contributed by atoms with E-state index in [2.05, 4.69) is 10.3 Å². The van der Waals surface area contributed by atoms with Crippen LogP contribution < -0.4 is 5.32 Å². The fourth-order valence-electron chi connectivity index (χ4n) is 1.43. The van der Waals surface area contributed by atoms with Crippen LogP contribution in [0.15, 0.2) is 35.1 Å². The third-order valence-corrected chi connectivity index (χ3v) is 3.20. The van der Waals surface area contributed by atoms with Crippen molar-refractivity contribution in [3.8, 4) is 6.07 Å². The van der Waals surface area contributed by atoms with E-state index < -0.39 is 5.97 Å². The summed E-state index contributed by atoms with van der Waals surface area (Å²) in [5.74, 6) is -0.655. The Morgan fingerprint density at radius 1 is 1.52 bits per heavy atom. The molecular weight excluding hydrogens is 290 g/mol. The molecule has 0 aliphatic carbocycles. The Labute approximate surface area is 128 Å². The maximum atomic E-state index is 11.8. The van der Waals surface area contributed by atoms with Gasteiger partial charge in [0, 0.05) is 26.0 Å². The molecule has 0 bridgehead atoms. The molecule has 1 heterocycles. The molecule has 6 nitrogen and oxygen atoms in total. The predicted octanol–water partition coefficient (Wildman–Crippen LogP) is 1.46. The van der Waals surface area contributed by atoms with E-state index in [9.17, 15) is 4.79 Å². The van der Waals surface area contributed by atoms with E-state index in [1.54, 1.807) is 18.6 Å². The number of methoxy groups -OCH3 is 1. The number of hydrogen-bond donors (Lipinski definition) is 1. The van der Waals surface area contributed by atoms with Crippen LogP contribution in [0, 0.1) is 11.3 Å². The molecule has 0 fully saturated rings. The number of nitrogens with zero attached hydrogens (tertiary/aromatic N) is 2. The second kappa shape index (κ2) is 9.80. The smallest absolute Gasteiger partial charge is 0.351 e. The summed E-state index contributed by atoms with van der Waals surface area (Å²) in [6, 6.07) is 5.61. The second-order valence-corrected chi connectivity index (χ2v) is 4.68. The van der Waals surface area contributed by atoms with Gasteiger partial charge in [-0.3, -0.25) is 4.98 Å². The zero-order valence-corrected chi connectivity index (χ0v) is 12.8. The summed E-state index contributed by atoms with van der Waals surface area (Å²) >= 11 is 1.28. The van der Waals surface area contributed by atoms with Crippen LogP contribution in [-0.4, -0.2) is 37.5 Å². The van der Waals surface area contributed by atoms with E-state index in [-0.39, 0.29) is 12.2 Å². The van der Waals surface area contributed by atoms with Crippen LogP contribution >= 0.6 is 11.8 Å². The van der Waals surface area contributed by atoms with E-state index in [0.29, 0.717) is 18.2 Å². The molecule has 0 radical (unpaired) electrons. The average molecular weight is 307 g/mol. The molecule has 112 valence electrons. The number of rotatable bonds is 8. The fourth-order valence-corrected chi connectivity index (χ4v) is 1.98. The van der Waals surface area contributed by atoms with Crippen molar-refractivity contribution in [1.82, 2.24) is 10.3 Å². The first kappa shape index (κ1) is 17.0. The van der Waals surface area contributed by atoms with Crippen LogP contribution in [0.2, 0.25) is 0 Å². The topological polar surface area (TPSA) is 84.2 Å². The minimum atomic E-state index is -0.655. The Morgan fingerprint density at radius 3 is 2.90 bits per heavy atom. The summed E-state index contributed by atoms with van der Waals surface area (Å²) in [7, 11) is 1.51. The average Bonchev–Trinajstić information content (AvgIpc) is 2.52. The van der Waals surface area contributed by atoms with Crippen LogP contribution in [0.3, 0.4) is 0 Å². The van der Waals surface area contributed by atoms with E-state index in [1.807, 2.05) is 18.2 Å². The van der Waals surface area contributed by atoms with E-state index >= 15 is 0 Å². The summed E-state index contributed by atoms with van der Waals surface area (Å²) in [6.45, 7) is 0.882. The number of hydrogen-bond acceptors (Lipinski definition) is 7. The number of carbonyl (C=O) groups excluding carboxylic acids is 1. The van der Waals surface area contributed by atoms with Crippen LogP contribution in [0.25, 0.3) is 0 Å². The molecule has 0 saturated heterocycles. The molecule has 1 aromatic heterocycles. The minimum absolute atomic E-state index is 0.0394. The van der Waals surface area contributed by atoms with Crippen LogP contribution in [0.5, 0.6) is 0 Å². The van der Waals surface area contributed by atoms with Crippen molar-refractivity contribution in [1.29, 1.82) is 5.26 Å². The highest BCUT2D eigenvalue weighted by Crippen LogP contribution is 2.15.